The molecule has 0 radical (unpaired) electrons. The third-order valence-electron chi connectivity index (χ3n) is 4.60. The lowest BCUT2D eigenvalue weighted by atomic mass is 10.2. The van der Waals surface area contributed by atoms with Crippen LogP contribution < -0.4 is 10.6 Å². The zero-order valence-electron chi connectivity index (χ0n) is 18.2. The van der Waals surface area contributed by atoms with Gasteiger partial charge in [0.1, 0.15) is 5.82 Å². The molecule has 0 bridgehead atoms. The lowest BCUT2D eigenvalue weighted by molar-refractivity contribution is -0.116. The largest absolute Gasteiger partial charge is 0.465 e. The molecule has 0 saturated carbocycles. The van der Waals surface area contributed by atoms with Gasteiger partial charge in [-0.05, 0) is 42.8 Å². The van der Waals surface area contributed by atoms with Crippen LogP contribution in [-0.4, -0.2) is 45.4 Å². The van der Waals surface area contributed by atoms with Crippen molar-refractivity contribution >= 4 is 52.5 Å². The molecule has 3 rings (SSSR count). The summed E-state index contributed by atoms with van der Waals surface area (Å²) in [6.45, 7) is 1.88. The van der Waals surface area contributed by atoms with Crippen molar-refractivity contribution in [2.45, 2.75) is 18.5 Å². The minimum Gasteiger partial charge on any atom is -0.465 e. The Bertz CT molecular complexity index is 1200. The molecule has 0 spiro atoms. The van der Waals surface area contributed by atoms with Gasteiger partial charge in [-0.2, -0.15) is 0 Å². The first-order valence-electron chi connectivity index (χ1n) is 9.82. The van der Waals surface area contributed by atoms with Gasteiger partial charge in [-0.3, -0.25) is 9.59 Å². The van der Waals surface area contributed by atoms with Crippen LogP contribution in [-0.2, 0) is 27.8 Å². The molecular formula is C22H22ClN5O4S. The summed E-state index contributed by atoms with van der Waals surface area (Å²) < 4.78 is 6.34. The number of halogens is 1. The van der Waals surface area contributed by atoms with Crippen LogP contribution in [0.25, 0.3) is 0 Å². The number of thioether (sulfide) groups is 1. The first-order valence-corrected chi connectivity index (χ1v) is 11.2. The zero-order chi connectivity index (χ0) is 24.0. The molecule has 2 N–H and O–H groups in total. The van der Waals surface area contributed by atoms with Crippen molar-refractivity contribution < 1.29 is 19.1 Å². The summed E-state index contributed by atoms with van der Waals surface area (Å²) in [5, 5.41) is 14.7. The highest BCUT2D eigenvalue weighted by atomic mass is 35.5. The van der Waals surface area contributed by atoms with Gasteiger partial charge in [0.2, 0.25) is 11.8 Å². The van der Waals surface area contributed by atoms with Crippen molar-refractivity contribution in [1.29, 1.82) is 0 Å². The number of ether oxygens (including phenoxy) is 1. The second-order valence-corrected chi connectivity index (χ2v) is 8.41. The summed E-state index contributed by atoms with van der Waals surface area (Å²) in [6.07, 6.45) is 0.0159. The maximum Gasteiger partial charge on any atom is 0.337 e. The quantitative estimate of drug-likeness (QED) is 0.369. The Labute approximate surface area is 199 Å². The second-order valence-electron chi connectivity index (χ2n) is 7.06. The number of hydrogen-bond donors (Lipinski definition) is 2. The van der Waals surface area contributed by atoms with Gasteiger partial charge in [0, 0.05) is 23.4 Å². The van der Waals surface area contributed by atoms with E-state index in [0.717, 1.165) is 5.56 Å². The number of aryl methyl sites for hydroxylation is 1. The molecular weight excluding hydrogens is 466 g/mol. The monoisotopic (exact) mass is 487 g/mol. The minimum absolute atomic E-state index is 0.0159. The topological polar surface area (TPSA) is 115 Å². The number of amides is 2. The van der Waals surface area contributed by atoms with Crippen LogP contribution in [0, 0.1) is 6.92 Å². The standard InChI is InChI=1S/C22H22ClN5O4S/c1-13-7-8-16(10-17(13)23)24-19(29)11-18-26-27-22(28(18)2)33-12-20(30)25-15-6-4-5-14(9-15)21(31)32-3/h4-10H,11-12H2,1-3H3,(H,24,29)(H,25,30). The molecule has 172 valence electrons. The first kappa shape index (κ1) is 24.3. The lowest BCUT2D eigenvalue weighted by Gasteiger charge is -2.08. The molecule has 33 heavy (non-hydrogen) atoms. The van der Waals surface area contributed by atoms with E-state index in [9.17, 15) is 14.4 Å². The van der Waals surface area contributed by atoms with E-state index in [2.05, 4.69) is 25.6 Å². The van der Waals surface area contributed by atoms with Crippen LogP contribution in [0.5, 0.6) is 0 Å². The zero-order valence-corrected chi connectivity index (χ0v) is 19.8. The summed E-state index contributed by atoms with van der Waals surface area (Å²) in [4.78, 5) is 36.3. The van der Waals surface area contributed by atoms with Crippen LogP contribution in [0.3, 0.4) is 0 Å². The second kappa shape index (κ2) is 11.0. The van der Waals surface area contributed by atoms with Gasteiger partial charge < -0.3 is 19.9 Å². The molecule has 0 saturated heterocycles. The van der Waals surface area contributed by atoms with E-state index in [0.29, 0.717) is 32.9 Å². The van der Waals surface area contributed by atoms with Crippen molar-refractivity contribution in [1.82, 2.24) is 14.8 Å². The summed E-state index contributed by atoms with van der Waals surface area (Å²) in [5.41, 5.74) is 2.34. The maximum absolute atomic E-state index is 12.4. The van der Waals surface area contributed by atoms with Gasteiger partial charge in [-0.1, -0.05) is 35.5 Å². The van der Waals surface area contributed by atoms with Crippen LogP contribution in [0.1, 0.15) is 21.7 Å². The summed E-state index contributed by atoms with van der Waals surface area (Å²) >= 11 is 7.27. The van der Waals surface area contributed by atoms with Crippen molar-refractivity contribution in [2.24, 2.45) is 7.05 Å². The molecule has 2 aromatic carbocycles. The fourth-order valence-electron chi connectivity index (χ4n) is 2.81. The van der Waals surface area contributed by atoms with Crippen LogP contribution in [0.4, 0.5) is 11.4 Å². The molecule has 2 amide bonds. The summed E-state index contributed by atoms with van der Waals surface area (Å²) in [6, 6.07) is 11.7. The van der Waals surface area contributed by atoms with Gasteiger partial charge in [0.25, 0.3) is 0 Å². The Morgan fingerprint density at radius 2 is 1.79 bits per heavy atom. The molecule has 1 aromatic heterocycles. The highest BCUT2D eigenvalue weighted by Crippen LogP contribution is 2.21. The molecule has 0 aliphatic heterocycles. The van der Waals surface area contributed by atoms with Crippen molar-refractivity contribution in [2.75, 3.05) is 23.5 Å². The Morgan fingerprint density at radius 3 is 2.52 bits per heavy atom. The molecule has 1 heterocycles. The average molecular weight is 488 g/mol. The fraction of sp³-hybridized carbons (Fsp3) is 0.227. The molecule has 0 unspecified atom stereocenters. The number of carbonyl (C=O) groups excluding carboxylic acids is 3. The van der Waals surface area contributed by atoms with E-state index < -0.39 is 5.97 Å². The summed E-state index contributed by atoms with van der Waals surface area (Å²) in [7, 11) is 3.02. The van der Waals surface area contributed by atoms with Crippen molar-refractivity contribution in [3.63, 3.8) is 0 Å². The number of rotatable bonds is 8. The SMILES string of the molecule is COC(=O)c1cccc(NC(=O)CSc2nnc(CC(=O)Nc3ccc(C)c(Cl)c3)n2C)c1. The third-order valence-corrected chi connectivity index (χ3v) is 6.03. The molecule has 0 fully saturated rings. The van der Waals surface area contributed by atoms with Gasteiger partial charge >= 0.3 is 5.97 Å². The van der Waals surface area contributed by atoms with E-state index >= 15 is 0 Å². The van der Waals surface area contributed by atoms with Gasteiger partial charge in [0.05, 0.1) is 24.8 Å². The van der Waals surface area contributed by atoms with Gasteiger partial charge in [-0.25, -0.2) is 4.79 Å². The van der Waals surface area contributed by atoms with Crippen molar-refractivity contribution in [3.8, 4) is 0 Å². The number of aromatic nitrogens is 3. The number of methoxy groups -OCH3 is 1. The predicted octanol–water partition coefficient (Wildman–Crippen LogP) is 3.48. The number of anilines is 2. The number of benzene rings is 2. The van der Waals surface area contributed by atoms with E-state index in [1.54, 1.807) is 41.9 Å². The Kier molecular flexibility index (Phi) is 8.07. The Hall–Kier alpha value is -3.37. The van der Waals surface area contributed by atoms with E-state index in [1.807, 2.05) is 13.0 Å². The van der Waals surface area contributed by atoms with E-state index in [-0.39, 0.29) is 24.0 Å². The number of carbonyl (C=O) groups is 3. The molecule has 0 aliphatic carbocycles. The Morgan fingerprint density at radius 1 is 1.06 bits per heavy atom. The lowest BCUT2D eigenvalue weighted by Crippen LogP contribution is -2.17. The molecule has 3 aromatic rings. The van der Waals surface area contributed by atoms with Crippen LogP contribution in [0.15, 0.2) is 47.6 Å². The average Bonchev–Trinajstić information content (AvgIpc) is 3.13. The molecule has 0 atom stereocenters. The van der Waals surface area contributed by atoms with E-state index in [4.69, 9.17) is 11.6 Å². The minimum atomic E-state index is -0.485. The predicted molar refractivity (Wildman–Crippen MR) is 127 cm³/mol. The molecule has 9 nitrogen and oxygen atoms in total. The fourth-order valence-corrected chi connectivity index (χ4v) is 3.72. The summed E-state index contributed by atoms with van der Waals surface area (Å²) in [5.74, 6) is -0.491. The number of hydrogen-bond acceptors (Lipinski definition) is 7. The number of nitrogens with one attached hydrogen (secondary N) is 2. The molecule has 11 heteroatoms. The van der Waals surface area contributed by atoms with Gasteiger partial charge in [0.15, 0.2) is 5.16 Å². The smallest absolute Gasteiger partial charge is 0.337 e. The maximum atomic E-state index is 12.4. The highest BCUT2D eigenvalue weighted by Gasteiger charge is 2.15. The molecule has 0 aliphatic rings. The number of esters is 1. The third kappa shape index (κ3) is 6.56. The van der Waals surface area contributed by atoms with Gasteiger partial charge in [-0.15, -0.1) is 10.2 Å². The Balaban J connectivity index is 1.54. The van der Waals surface area contributed by atoms with Crippen LogP contribution >= 0.6 is 23.4 Å². The number of nitrogens with zero attached hydrogens (tertiary/aromatic N) is 3. The van der Waals surface area contributed by atoms with Crippen molar-refractivity contribution in [3.05, 3.63) is 64.4 Å². The highest BCUT2D eigenvalue weighted by molar-refractivity contribution is 7.99. The van der Waals surface area contributed by atoms with E-state index in [1.165, 1.54) is 24.9 Å². The first-order chi connectivity index (χ1) is 15.8. The van der Waals surface area contributed by atoms with Crippen LogP contribution in [0.2, 0.25) is 5.02 Å². The normalized spacial score (nSPS) is 10.5.